The largest absolute Gasteiger partial charge is 0.444 e. The number of rotatable bonds is 5. The summed E-state index contributed by atoms with van der Waals surface area (Å²) in [5, 5.41) is 0. The van der Waals surface area contributed by atoms with Gasteiger partial charge < -0.3 is 14.4 Å². The number of amides is 1. The molecule has 2 atom stereocenters. The van der Waals surface area contributed by atoms with E-state index in [0.717, 1.165) is 0 Å². The Balaban J connectivity index is 1.89. The fraction of sp³-hybridized carbons (Fsp3) is 0.300. The van der Waals surface area contributed by atoms with Gasteiger partial charge in [-0.25, -0.2) is 4.79 Å². The molecule has 1 fully saturated rings. The maximum absolute atomic E-state index is 13.0. The number of benzene rings is 2. The zero-order valence-corrected chi connectivity index (χ0v) is 15.8. The molecule has 2 aromatic carbocycles. The summed E-state index contributed by atoms with van der Waals surface area (Å²) in [5.74, 6) is -0.954. The van der Waals surface area contributed by atoms with Gasteiger partial charge in [0, 0.05) is 24.9 Å². The summed E-state index contributed by atoms with van der Waals surface area (Å²) < 4.78 is 22.8. The van der Waals surface area contributed by atoms with E-state index in [1.54, 1.807) is 53.4 Å². The number of hydrogen-bond acceptors (Lipinski definition) is 5. The quantitative estimate of drug-likeness (QED) is 0.736. The van der Waals surface area contributed by atoms with Crippen LogP contribution in [0.3, 0.4) is 0 Å². The van der Waals surface area contributed by atoms with Gasteiger partial charge in [-0.05, 0) is 12.1 Å². The number of carbonyl (C=O) groups is 2. The van der Waals surface area contributed by atoms with E-state index in [0.29, 0.717) is 36.8 Å². The van der Waals surface area contributed by atoms with Gasteiger partial charge >= 0.3 is 5.97 Å². The third kappa shape index (κ3) is 4.61. The third-order valence-electron chi connectivity index (χ3n) is 4.29. The standard InChI is InChI=1S/C20H21NO5S/c1-27(24)17-10-6-5-9-16(17)20(23)26-18(15-7-3-2-4-8-15)19(22)21-11-13-25-14-12-21/h2-10,18H,11-14H2,1H3/t18-,27-/m0/s1. The van der Waals surface area contributed by atoms with Gasteiger partial charge in [-0.1, -0.05) is 42.5 Å². The van der Waals surface area contributed by atoms with Gasteiger partial charge in [0.05, 0.1) is 34.5 Å². The number of esters is 1. The van der Waals surface area contributed by atoms with Gasteiger partial charge in [0.15, 0.2) is 0 Å². The third-order valence-corrected chi connectivity index (χ3v) is 5.27. The summed E-state index contributed by atoms with van der Waals surface area (Å²) in [6.07, 6.45) is 0.440. The van der Waals surface area contributed by atoms with Crippen LogP contribution in [-0.4, -0.2) is 53.5 Å². The highest BCUT2D eigenvalue weighted by Gasteiger charge is 2.31. The van der Waals surface area contributed by atoms with Crippen LogP contribution in [0.15, 0.2) is 59.5 Å². The molecular formula is C20H21NO5S. The highest BCUT2D eigenvalue weighted by atomic mass is 32.2. The minimum atomic E-state index is -1.35. The minimum absolute atomic E-state index is 0.203. The van der Waals surface area contributed by atoms with E-state index in [4.69, 9.17) is 9.47 Å². The maximum atomic E-state index is 13.0. The van der Waals surface area contributed by atoms with Crippen molar-refractivity contribution < 1.29 is 23.3 Å². The van der Waals surface area contributed by atoms with E-state index in [2.05, 4.69) is 0 Å². The van der Waals surface area contributed by atoms with E-state index in [9.17, 15) is 13.8 Å². The van der Waals surface area contributed by atoms with Crippen molar-refractivity contribution in [1.82, 2.24) is 4.90 Å². The van der Waals surface area contributed by atoms with Crippen LogP contribution in [0.4, 0.5) is 0 Å². The predicted molar refractivity (Wildman–Crippen MR) is 101 cm³/mol. The van der Waals surface area contributed by atoms with Crippen molar-refractivity contribution in [2.75, 3.05) is 32.6 Å². The van der Waals surface area contributed by atoms with Crippen LogP contribution in [0.5, 0.6) is 0 Å². The van der Waals surface area contributed by atoms with E-state index in [-0.39, 0.29) is 11.5 Å². The van der Waals surface area contributed by atoms with Crippen LogP contribution >= 0.6 is 0 Å². The Bertz CT molecular complexity index is 833. The second-order valence-corrected chi connectivity index (χ2v) is 7.43. The van der Waals surface area contributed by atoms with Gasteiger partial charge in [0.25, 0.3) is 5.91 Å². The average molecular weight is 387 g/mol. The van der Waals surface area contributed by atoms with E-state index in [1.165, 1.54) is 6.26 Å². The van der Waals surface area contributed by atoms with Crippen molar-refractivity contribution in [3.63, 3.8) is 0 Å². The Morgan fingerprint density at radius 2 is 1.67 bits per heavy atom. The molecule has 142 valence electrons. The molecule has 3 rings (SSSR count). The molecule has 0 saturated carbocycles. The van der Waals surface area contributed by atoms with Crippen LogP contribution in [-0.2, 0) is 25.1 Å². The molecule has 0 aliphatic carbocycles. The fourth-order valence-corrected chi connectivity index (χ4v) is 3.63. The zero-order chi connectivity index (χ0) is 19.2. The van der Waals surface area contributed by atoms with Crippen molar-refractivity contribution in [3.8, 4) is 0 Å². The van der Waals surface area contributed by atoms with E-state index in [1.807, 2.05) is 6.07 Å². The lowest BCUT2D eigenvalue weighted by molar-refractivity contribution is -0.145. The topological polar surface area (TPSA) is 72.9 Å². The van der Waals surface area contributed by atoms with Gasteiger partial charge in [0.1, 0.15) is 0 Å². The van der Waals surface area contributed by atoms with Crippen molar-refractivity contribution in [2.45, 2.75) is 11.0 Å². The van der Waals surface area contributed by atoms with Crippen molar-refractivity contribution in [1.29, 1.82) is 0 Å². The Hall–Kier alpha value is -2.51. The number of carbonyl (C=O) groups excluding carboxylic acids is 2. The second kappa shape index (κ2) is 8.92. The molecule has 0 N–H and O–H groups in total. The van der Waals surface area contributed by atoms with E-state index < -0.39 is 22.9 Å². The van der Waals surface area contributed by atoms with Gasteiger partial charge in [-0.15, -0.1) is 0 Å². The van der Waals surface area contributed by atoms with Crippen molar-refractivity contribution >= 4 is 22.7 Å². The highest BCUT2D eigenvalue weighted by Crippen LogP contribution is 2.24. The molecule has 27 heavy (non-hydrogen) atoms. The lowest BCUT2D eigenvalue weighted by Crippen LogP contribution is -2.44. The van der Waals surface area contributed by atoms with Gasteiger partial charge in [-0.2, -0.15) is 0 Å². The number of nitrogens with zero attached hydrogens (tertiary/aromatic N) is 1. The first kappa shape index (κ1) is 19.3. The molecule has 1 aliphatic heterocycles. The Morgan fingerprint density at radius 3 is 2.33 bits per heavy atom. The monoisotopic (exact) mass is 387 g/mol. The van der Waals surface area contributed by atoms with Crippen LogP contribution in [0.25, 0.3) is 0 Å². The first-order valence-electron chi connectivity index (χ1n) is 8.63. The molecule has 2 aromatic rings. The van der Waals surface area contributed by atoms with Gasteiger partial charge in [-0.3, -0.25) is 9.00 Å². The maximum Gasteiger partial charge on any atom is 0.340 e. The highest BCUT2D eigenvalue weighted by molar-refractivity contribution is 7.84. The summed E-state index contributed by atoms with van der Waals surface area (Å²) >= 11 is 0. The van der Waals surface area contributed by atoms with E-state index >= 15 is 0 Å². The Labute approximate surface area is 160 Å². The number of ether oxygens (including phenoxy) is 2. The molecular weight excluding hydrogens is 366 g/mol. The minimum Gasteiger partial charge on any atom is -0.444 e. The zero-order valence-electron chi connectivity index (χ0n) is 15.0. The number of hydrogen-bond donors (Lipinski definition) is 0. The molecule has 6 nitrogen and oxygen atoms in total. The predicted octanol–water partition coefficient (Wildman–Crippen LogP) is 2.18. The lowest BCUT2D eigenvalue weighted by atomic mass is 10.1. The molecule has 1 heterocycles. The second-order valence-electron chi connectivity index (χ2n) is 6.08. The molecule has 1 saturated heterocycles. The van der Waals surface area contributed by atoms with Crippen LogP contribution in [0.2, 0.25) is 0 Å². The smallest absolute Gasteiger partial charge is 0.340 e. The fourth-order valence-electron chi connectivity index (χ4n) is 2.89. The molecule has 0 unspecified atom stereocenters. The Morgan fingerprint density at radius 1 is 1.04 bits per heavy atom. The molecule has 0 radical (unpaired) electrons. The molecule has 0 aromatic heterocycles. The Kier molecular flexibility index (Phi) is 6.36. The first-order chi connectivity index (χ1) is 13.1. The first-order valence-corrected chi connectivity index (χ1v) is 10.2. The summed E-state index contributed by atoms with van der Waals surface area (Å²) in [5.41, 5.74) is 0.798. The molecule has 7 heteroatoms. The summed E-state index contributed by atoms with van der Waals surface area (Å²) in [6, 6.07) is 15.5. The molecule has 0 spiro atoms. The van der Waals surface area contributed by atoms with Crippen LogP contribution in [0.1, 0.15) is 22.0 Å². The molecule has 0 bridgehead atoms. The summed E-state index contributed by atoms with van der Waals surface area (Å²) in [4.78, 5) is 27.8. The number of morpholine rings is 1. The normalized spacial score (nSPS) is 16.4. The van der Waals surface area contributed by atoms with Crippen molar-refractivity contribution in [2.24, 2.45) is 0 Å². The summed E-state index contributed by atoms with van der Waals surface area (Å²) in [7, 11) is -1.35. The van der Waals surface area contributed by atoms with Crippen LogP contribution in [0, 0.1) is 0 Å². The average Bonchev–Trinajstić information content (AvgIpc) is 2.72. The lowest BCUT2D eigenvalue weighted by Gasteiger charge is -2.30. The van der Waals surface area contributed by atoms with Crippen molar-refractivity contribution in [3.05, 3.63) is 65.7 Å². The SMILES string of the molecule is C[S@](=O)c1ccccc1C(=O)O[C@H](C(=O)N1CCOCC1)c1ccccc1. The molecule has 1 amide bonds. The summed E-state index contributed by atoms with van der Waals surface area (Å²) in [6.45, 7) is 1.82. The van der Waals surface area contributed by atoms with Gasteiger partial charge in [0.2, 0.25) is 6.10 Å². The van der Waals surface area contributed by atoms with Crippen LogP contribution < -0.4 is 0 Å². The molecule has 1 aliphatic rings.